The molecule has 0 spiro atoms. The van der Waals surface area contributed by atoms with Gasteiger partial charge in [-0.2, -0.15) is 0 Å². The second-order valence-electron chi connectivity index (χ2n) is 6.43. The Morgan fingerprint density at radius 2 is 1.79 bits per heavy atom. The Morgan fingerprint density at radius 3 is 2.50 bits per heavy atom. The fraction of sp³-hybridized carbons (Fsp3) is 0.182. The van der Waals surface area contributed by atoms with E-state index in [-0.39, 0.29) is 11.7 Å². The molecule has 28 heavy (non-hydrogen) atoms. The minimum atomic E-state index is -0.438. The molecular weight excluding hydrogens is 374 g/mol. The Bertz CT molecular complexity index is 1010. The van der Waals surface area contributed by atoms with Gasteiger partial charge in [0.15, 0.2) is 12.1 Å². The number of hydrogen-bond donors (Lipinski definition) is 1. The SMILES string of the molecule is CC(=O)c1c(-c2ccccc2)csc1NC(=O)c1cccc(C2OCCO2)c1. The number of benzene rings is 2. The van der Waals surface area contributed by atoms with Crippen molar-refractivity contribution in [2.75, 3.05) is 18.5 Å². The Balaban J connectivity index is 1.61. The molecule has 142 valence electrons. The summed E-state index contributed by atoms with van der Waals surface area (Å²) < 4.78 is 11.0. The first-order valence-corrected chi connectivity index (χ1v) is 9.84. The van der Waals surface area contributed by atoms with Gasteiger partial charge in [0.05, 0.1) is 18.8 Å². The van der Waals surface area contributed by atoms with Gasteiger partial charge in [0, 0.05) is 22.1 Å². The molecule has 0 radical (unpaired) electrons. The van der Waals surface area contributed by atoms with Crippen molar-refractivity contribution in [1.82, 2.24) is 0 Å². The van der Waals surface area contributed by atoms with Crippen LogP contribution < -0.4 is 5.32 Å². The van der Waals surface area contributed by atoms with Gasteiger partial charge < -0.3 is 14.8 Å². The van der Waals surface area contributed by atoms with Gasteiger partial charge in [-0.15, -0.1) is 11.3 Å². The summed E-state index contributed by atoms with van der Waals surface area (Å²) in [5.74, 6) is -0.360. The van der Waals surface area contributed by atoms with Crippen LogP contribution in [0.25, 0.3) is 11.1 Å². The molecule has 1 saturated heterocycles. The van der Waals surface area contributed by atoms with Gasteiger partial charge in [-0.3, -0.25) is 9.59 Å². The number of Topliss-reactive ketones (excluding diaryl/α,β-unsaturated/α-hetero) is 1. The third-order valence-electron chi connectivity index (χ3n) is 4.50. The van der Waals surface area contributed by atoms with Crippen LogP contribution in [0, 0.1) is 0 Å². The lowest BCUT2D eigenvalue weighted by Crippen LogP contribution is -2.13. The van der Waals surface area contributed by atoms with E-state index in [1.165, 1.54) is 18.3 Å². The van der Waals surface area contributed by atoms with E-state index in [2.05, 4.69) is 5.32 Å². The molecule has 2 aromatic carbocycles. The first kappa shape index (κ1) is 18.6. The van der Waals surface area contributed by atoms with Crippen molar-refractivity contribution in [1.29, 1.82) is 0 Å². The molecular formula is C22H19NO4S. The van der Waals surface area contributed by atoms with Crippen LogP contribution in [0.3, 0.4) is 0 Å². The van der Waals surface area contributed by atoms with Gasteiger partial charge in [-0.05, 0) is 24.6 Å². The normalized spacial score (nSPS) is 14.2. The third kappa shape index (κ3) is 3.75. The number of anilines is 1. The highest BCUT2D eigenvalue weighted by Crippen LogP contribution is 2.36. The molecule has 4 rings (SSSR count). The molecule has 3 aromatic rings. The van der Waals surface area contributed by atoms with E-state index >= 15 is 0 Å². The van der Waals surface area contributed by atoms with Crippen LogP contribution in [0.15, 0.2) is 60.0 Å². The van der Waals surface area contributed by atoms with Crippen molar-refractivity contribution < 1.29 is 19.1 Å². The van der Waals surface area contributed by atoms with Gasteiger partial charge in [0.2, 0.25) is 0 Å². The summed E-state index contributed by atoms with van der Waals surface area (Å²) in [6.07, 6.45) is -0.438. The smallest absolute Gasteiger partial charge is 0.256 e. The minimum Gasteiger partial charge on any atom is -0.346 e. The fourth-order valence-corrected chi connectivity index (χ4v) is 4.20. The van der Waals surface area contributed by atoms with E-state index in [1.54, 1.807) is 18.2 Å². The highest BCUT2D eigenvalue weighted by Gasteiger charge is 2.21. The highest BCUT2D eigenvalue weighted by molar-refractivity contribution is 7.15. The Hall–Kier alpha value is -2.80. The molecule has 0 atom stereocenters. The second-order valence-corrected chi connectivity index (χ2v) is 7.31. The summed E-state index contributed by atoms with van der Waals surface area (Å²) in [7, 11) is 0. The average molecular weight is 393 g/mol. The predicted octanol–water partition coefficient (Wildman–Crippen LogP) is 4.92. The fourth-order valence-electron chi connectivity index (χ4n) is 3.18. The molecule has 6 heteroatoms. The van der Waals surface area contributed by atoms with E-state index in [4.69, 9.17) is 9.47 Å². The Labute approximate surface area is 166 Å². The van der Waals surface area contributed by atoms with Crippen LogP contribution in [0.1, 0.15) is 39.5 Å². The summed E-state index contributed by atoms with van der Waals surface area (Å²) in [6.45, 7) is 2.60. The number of ether oxygens (including phenoxy) is 2. The topological polar surface area (TPSA) is 64.6 Å². The summed E-state index contributed by atoms with van der Waals surface area (Å²) >= 11 is 1.35. The van der Waals surface area contributed by atoms with Crippen LogP contribution in [0.5, 0.6) is 0 Å². The average Bonchev–Trinajstić information content (AvgIpc) is 3.39. The number of nitrogens with one attached hydrogen (secondary N) is 1. The molecule has 1 aliphatic heterocycles. The van der Waals surface area contributed by atoms with Crippen LogP contribution in [0.4, 0.5) is 5.00 Å². The number of hydrogen-bond acceptors (Lipinski definition) is 5. The number of carbonyl (C=O) groups excluding carboxylic acids is 2. The lowest BCUT2D eigenvalue weighted by Gasteiger charge is -2.11. The number of ketones is 1. The monoisotopic (exact) mass is 393 g/mol. The molecule has 5 nitrogen and oxygen atoms in total. The van der Waals surface area contributed by atoms with Gasteiger partial charge in [0.1, 0.15) is 5.00 Å². The van der Waals surface area contributed by atoms with E-state index < -0.39 is 6.29 Å². The largest absolute Gasteiger partial charge is 0.346 e. The summed E-state index contributed by atoms with van der Waals surface area (Å²) in [5.41, 5.74) is 3.59. The molecule has 0 aliphatic carbocycles. The maximum absolute atomic E-state index is 12.8. The molecule has 1 amide bonds. The number of rotatable bonds is 5. The lowest BCUT2D eigenvalue weighted by atomic mass is 10.0. The van der Waals surface area contributed by atoms with Crippen molar-refractivity contribution in [2.45, 2.75) is 13.2 Å². The zero-order chi connectivity index (χ0) is 19.5. The third-order valence-corrected chi connectivity index (χ3v) is 5.39. The van der Waals surface area contributed by atoms with E-state index in [0.717, 1.165) is 16.7 Å². The molecule has 1 aliphatic rings. The summed E-state index contributed by atoms with van der Waals surface area (Å²) in [4.78, 5) is 25.1. The van der Waals surface area contributed by atoms with Crippen LogP contribution >= 0.6 is 11.3 Å². The first-order chi connectivity index (χ1) is 13.6. The number of thiophene rings is 1. The van der Waals surface area contributed by atoms with E-state index in [1.807, 2.05) is 41.8 Å². The zero-order valence-corrected chi connectivity index (χ0v) is 16.1. The quantitative estimate of drug-likeness (QED) is 0.625. The van der Waals surface area contributed by atoms with Crippen LogP contribution in [-0.4, -0.2) is 24.9 Å². The van der Waals surface area contributed by atoms with Gasteiger partial charge >= 0.3 is 0 Å². The van der Waals surface area contributed by atoms with Crippen molar-refractivity contribution in [3.05, 3.63) is 76.7 Å². The standard InChI is InChI=1S/C22H19NO4S/c1-14(24)19-18(15-6-3-2-4-7-15)13-28-21(19)23-20(25)16-8-5-9-17(12-16)22-26-10-11-27-22/h2-9,12-13,22H,10-11H2,1H3,(H,23,25). The molecule has 0 bridgehead atoms. The Morgan fingerprint density at radius 1 is 1.04 bits per heavy atom. The molecule has 0 unspecified atom stereocenters. The molecule has 1 N–H and O–H groups in total. The van der Waals surface area contributed by atoms with E-state index in [0.29, 0.717) is 29.3 Å². The van der Waals surface area contributed by atoms with Crippen molar-refractivity contribution in [3.63, 3.8) is 0 Å². The zero-order valence-electron chi connectivity index (χ0n) is 15.3. The minimum absolute atomic E-state index is 0.0862. The van der Waals surface area contributed by atoms with Crippen molar-refractivity contribution in [2.24, 2.45) is 0 Å². The van der Waals surface area contributed by atoms with Crippen molar-refractivity contribution in [3.8, 4) is 11.1 Å². The molecule has 2 heterocycles. The maximum Gasteiger partial charge on any atom is 0.256 e. The molecule has 0 saturated carbocycles. The first-order valence-electron chi connectivity index (χ1n) is 8.96. The molecule has 1 fully saturated rings. The maximum atomic E-state index is 12.8. The second kappa shape index (κ2) is 8.06. The van der Waals surface area contributed by atoms with E-state index in [9.17, 15) is 9.59 Å². The van der Waals surface area contributed by atoms with Gasteiger partial charge in [-0.1, -0.05) is 42.5 Å². The van der Waals surface area contributed by atoms with Gasteiger partial charge in [0.25, 0.3) is 5.91 Å². The predicted molar refractivity (Wildman–Crippen MR) is 109 cm³/mol. The summed E-state index contributed by atoms with van der Waals surface area (Å²) in [6, 6.07) is 16.8. The summed E-state index contributed by atoms with van der Waals surface area (Å²) in [5, 5.41) is 5.35. The van der Waals surface area contributed by atoms with Crippen LogP contribution in [-0.2, 0) is 9.47 Å². The van der Waals surface area contributed by atoms with Gasteiger partial charge in [-0.25, -0.2) is 0 Å². The number of amides is 1. The number of carbonyl (C=O) groups is 2. The molecule has 1 aromatic heterocycles. The highest BCUT2D eigenvalue weighted by atomic mass is 32.1. The van der Waals surface area contributed by atoms with Crippen molar-refractivity contribution >= 4 is 28.0 Å². The lowest BCUT2D eigenvalue weighted by molar-refractivity contribution is -0.0441. The Kier molecular flexibility index (Phi) is 5.34. The van der Waals surface area contributed by atoms with Crippen LogP contribution in [0.2, 0.25) is 0 Å².